The Morgan fingerprint density at radius 2 is 1.73 bits per heavy atom. The van der Waals surface area contributed by atoms with Gasteiger partial charge in [0.1, 0.15) is 6.61 Å². The molecular formula is C27H24BrN3O6. The van der Waals surface area contributed by atoms with Gasteiger partial charge < -0.3 is 9.47 Å². The third kappa shape index (κ3) is 4.03. The number of carbonyl (C=O) groups is 2. The molecule has 1 saturated heterocycles. The molecule has 4 aliphatic carbocycles. The van der Waals surface area contributed by atoms with E-state index in [0.29, 0.717) is 40.0 Å². The van der Waals surface area contributed by atoms with Crippen LogP contribution in [0.2, 0.25) is 0 Å². The van der Waals surface area contributed by atoms with Crippen LogP contribution < -0.4 is 9.47 Å². The minimum absolute atomic E-state index is 0.0125. The third-order valence-electron chi connectivity index (χ3n) is 7.82. The second-order valence-electron chi connectivity index (χ2n) is 9.86. The number of hydrazone groups is 1. The lowest BCUT2D eigenvalue weighted by Crippen LogP contribution is -2.40. The number of halogens is 1. The van der Waals surface area contributed by atoms with Gasteiger partial charge in [0, 0.05) is 12.1 Å². The van der Waals surface area contributed by atoms with E-state index in [1.165, 1.54) is 18.3 Å². The molecule has 1 heterocycles. The number of nitro benzene ring substituents is 1. The number of hydrogen-bond acceptors (Lipinski definition) is 7. The molecule has 0 spiro atoms. The van der Waals surface area contributed by atoms with Gasteiger partial charge in [-0.1, -0.05) is 12.2 Å². The maximum Gasteiger partial charge on any atom is 0.269 e. The molecule has 7 rings (SSSR count). The molecule has 6 atom stereocenters. The van der Waals surface area contributed by atoms with Gasteiger partial charge in [0.05, 0.1) is 34.1 Å². The predicted molar refractivity (Wildman–Crippen MR) is 137 cm³/mol. The highest BCUT2D eigenvalue weighted by molar-refractivity contribution is 9.10. The molecule has 2 aromatic carbocycles. The number of amides is 2. The molecule has 0 aromatic heterocycles. The van der Waals surface area contributed by atoms with Crippen molar-refractivity contribution in [1.29, 1.82) is 0 Å². The maximum absolute atomic E-state index is 13.2. The Morgan fingerprint density at radius 3 is 2.32 bits per heavy atom. The number of nitrogens with zero attached hydrogens (tertiary/aromatic N) is 3. The Bertz CT molecular complexity index is 1320. The number of carbonyl (C=O) groups excluding carboxylic acids is 2. The van der Waals surface area contributed by atoms with Crippen LogP contribution in [-0.4, -0.2) is 34.6 Å². The lowest BCUT2D eigenvalue weighted by molar-refractivity contribution is -0.384. The van der Waals surface area contributed by atoms with E-state index >= 15 is 0 Å². The van der Waals surface area contributed by atoms with Gasteiger partial charge in [0.25, 0.3) is 17.5 Å². The highest BCUT2D eigenvalue weighted by atomic mass is 79.9. The number of ether oxygens (including phenoxy) is 2. The number of hydrogen-bond donors (Lipinski definition) is 0. The van der Waals surface area contributed by atoms with Crippen LogP contribution in [-0.2, 0) is 16.2 Å². The Hall–Kier alpha value is -3.53. The van der Waals surface area contributed by atoms with E-state index in [1.54, 1.807) is 24.3 Å². The summed E-state index contributed by atoms with van der Waals surface area (Å²) < 4.78 is 12.4. The van der Waals surface area contributed by atoms with Gasteiger partial charge in [-0.15, -0.1) is 0 Å². The molecule has 0 radical (unpaired) electrons. The van der Waals surface area contributed by atoms with Crippen molar-refractivity contribution in [1.82, 2.24) is 5.01 Å². The summed E-state index contributed by atoms with van der Waals surface area (Å²) in [7, 11) is 0. The summed E-state index contributed by atoms with van der Waals surface area (Å²) in [5, 5.41) is 16.2. The van der Waals surface area contributed by atoms with Crippen LogP contribution in [0.4, 0.5) is 5.69 Å². The molecule has 0 N–H and O–H groups in total. The van der Waals surface area contributed by atoms with E-state index in [9.17, 15) is 19.7 Å². The van der Waals surface area contributed by atoms with Crippen molar-refractivity contribution in [2.24, 2.45) is 40.6 Å². The molecule has 0 unspecified atom stereocenters. The summed E-state index contributed by atoms with van der Waals surface area (Å²) in [6.07, 6.45) is 6.89. The van der Waals surface area contributed by atoms with Crippen molar-refractivity contribution in [3.05, 3.63) is 74.3 Å². The van der Waals surface area contributed by atoms with E-state index in [1.807, 2.05) is 6.92 Å². The van der Waals surface area contributed by atoms with Crippen LogP contribution in [0.5, 0.6) is 11.5 Å². The van der Waals surface area contributed by atoms with Gasteiger partial charge in [-0.3, -0.25) is 19.7 Å². The van der Waals surface area contributed by atoms with Crippen molar-refractivity contribution in [2.45, 2.75) is 20.0 Å². The highest BCUT2D eigenvalue weighted by Crippen LogP contribution is 2.65. The van der Waals surface area contributed by atoms with Crippen molar-refractivity contribution >= 4 is 39.6 Å². The third-order valence-corrected chi connectivity index (χ3v) is 8.41. The monoisotopic (exact) mass is 565 g/mol. The number of benzene rings is 2. The van der Waals surface area contributed by atoms with E-state index in [-0.39, 0.29) is 47.8 Å². The fourth-order valence-corrected chi connectivity index (χ4v) is 6.69. The van der Waals surface area contributed by atoms with Crippen LogP contribution in [0.25, 0.3) is 0 Å². The molecule has 2 bridgehead atoms. The first-order valence-corrected chi connectivity index (χ1v) is 13.1. The highest BCUT2D eigenvalue weighted by Gasteiger charge is 2.67. The zero-order valence-electron chi connectivity index (χ0n) is 20.0. The second kappa shape index (κ2) is 9.09. The zero-order valence-corrected chi connectivity index (χ0v) is 21.5. The normalized spacial score (nSPS) is 29.0. The standard InChI is InChI=1S/C27H24BrN3O6/c1-2-36-22-10-15(9-21(28)25(22)37-13-14-3-5-16(6-4-14)31(34)35)12-29-30-26(32)23-17-7-8-18(20-11-19(17)20)24(23)27(30)33/h3-10,12,17-20,23-24H,2,11,13H2,1H3/b29-12-/t17-,18-,19-,20+,23+,24+/m0/s1. The van der Waals surface area contributed by atoms with Gasteiger partial charge in [0.15, 0.2) is 11.5 Å². The molecule has 2 aromatic rings. The number of non-ortho nitro benzene ring substituents is 1. The average molecular weight is 566 g/mol. The van der Waals surface area contributed by atoms with E-state index < -0.39 is 4.92 Å². The van der Waals surface area contributed by atoms with Crippen LogP contribution >= 0.6 is 15.9 Å². The summed E-state index contributed by atoms with van der Waals surface area (Å²) >= 11 is 3.52. The Kier molecular flexibility index (Phi) is 5.86. The van der Waals surface area contributed by atoms with Gasteiger partial charge in [-0.05, 0) is 88.3 Å². The number of rotatable bonds is 8. The van der Waals surface area contributed by atoms with Gasteiger partial charge in [0.2, 0.25) is 0 Å². The van der Waals surface area contributed by atoms with Crippen molar-refractivity contribution in [2.75, 3.05) is 6.61 Å². The molecule has 9 nitrogen and oxygen atoms in total. The topological polar surface area (TPSA) is 111 Å². The van der Waals surface area contributed by atoms with Crippen LogP contribution in [0.1, 0.15) is 24.5 Å². The number of imide groups is 1. The first kappa shape index (κ1) is 23.8. The molecule has 37 heavy (non-hydrogen) atoms. The molecule has 10 heteroatoms. The summed E-state index contributed by atoms with van der Waals surface area (Å²) in [6.45, 7) is 2.43. The minimum atomic E-state index is -0.449. The van der Waals surface area contributed by atoms with Gasteiger partial charge in [-0.2, -0.15) is 10.1 Å². The average Bonchev–Trinajstić information content (AvgIpc) is 3.67. The van der Waals surface area contributed by atoms with Gasteiger partial charge >= 0.3 is 0 Å². The summed E-state index contributed by atoms with van der Waals surface area (Å²) in [5.41, 5.74) is 1.41. The quantitative estimate of drug-likeness (QED) is 0.150. The Labute approximate surface area is 221 Å². The molecule has 5 aliphatic rings. The number of allylic oxidation sites excluding steroid dienone is 2. The first-order valence-electron chi connectivity index (χ1n) is 12.3. The Balaban J connectivity index is 1.19. The van der Waals surface area contributed by atoms with E-state index in [0.717, 1.165) is 17.0 Å². The fraction of sp³-hybridized carbons (Fsp3) is 0.370. The SMILES string of the molecule is CCOc1cc(/C=N\N2C(=O)[C@@H]3[C@H]4C=C[C@@H]([C@@H]5C[C@H]45)[C@H]3C2=O)cc(Br)c1OCc1ccc([N+](=O)[O-])cc1. The molecule has 2 amide bonds. The van der Waals surface area contributed by atoms with E-state index in [2.05, 4.69) is 33.2 Å². The van der Waals surface area contributed by atoms with Crippen LogP contribution in [0, 0.1) is 45.6 Å². The Morgan fingerprint density at radius 1 is 1.08 bits per heavy atom. The lowest BCUT2D eigenvalue weighted by Gasteiger charge is -2.37. The van der Waals surface area contributed by atoms with Crippen molar-refractivity contribution in [3.8, 4) is 11.5 Å². The maximum atomic E-state index is 13.2. The number of nitro groups is 1. The first-order chi connectivity index (χ1) is 17.9. The molecular weight excluding hydrogens is 542 g/mol. The van der Waals surface area contributed by atoms with Crippen molar-refractivity contribution in [3.63, 3.8) is 0 Å². The van der Waals surface area contributed by atoms with Crippen molar-refractivity contribution < 1.29 is 24.0 Å². The molecule has 190 valence electrons. The molecule has 3 fully saturated rings. The summed E-state index contributed by atoms with van der Waals surface area (Å²) in [4.78, 5) is 36.7. The molecule has 1 aliphatic heterocycles. The second-order valence-corrected chi connectivity index (χ2v) is 10.7. The summed E-state index contributed by atoms with van der Waals surface area (Å²) in [5.74, 6) is 1.35. The van der Waals surface area contributed by atoms with Crippen LogP contribution in [0.15, 0.2) is 58.1 Å². The van der Waals surface area contributed by atoms with Crippen LogP contribution in [0.3, 0.4) is 0 Å². The smallest absolute Gasteiger partial charge is 0.269 e. The largest absolute Gasteiger partial charge is 0.490 e. The summed E-state index contributed by atoms with van der Waals surface area (Å²) in [6, 6.07) is 9.65. The van der Waals surface area contributed by atoms with Gasteiger partial charge in [-0.25, -0.2) is 0 Å². The lowest BCUT2D eigenvalue weighted by atomic mass is 9.63. The molecule has 2 saturated carbocycles. The predicted octanol–water partition coefficient (Wildman–Crippen LogP) is 4.72. The zero-order chi connectivity index (χ0) is 25.8. The fourth-order valence-electron chi connectivity index (χ4n) is 6.11. The minimum Gasteiger partial charge on any atom is -0.490 e. The van der Waals surface area contributed by atoms with E-state index in [4.69, 9.17) is 9.47 Å².